The second-order valence-corrected chi connectivity index (χ2v) is 10.2. The highest BCUT2D eigenvalue weighted by Crippen LogP contribution is 2.59. The van der Waals surface area contributed by atoms with Crippen molar-refractivity contribution < 1.29 is 18.3 Å². The number of nitrogens with zero attached hydrogens (tertiary/aromatic N) is 1. The summed E-state index contributed by atoms with van der Waals surface area (Å²) in [4.78, 5) is 13.6. The van der Waals surface area contributed by atoms with Gasteiger partial charge >= 0.3 is 0 Å². The van der Waals surface area contributed by atoms with Crippen LogP contribution in [-0.2, 0) is 16.6 Å². The first-order valence-electron chi connectivity index (χ1n) is 10.6. The molecular formula is C24H24F2N2O2. The van der Waals surface area contributed by atoms with E-state index in [4.69, 9.17) is 4.74 Å². The molecule has 1 spiro atoms. The number of halogens is 2. The minimum absolute atomic E-state index is 0.0908. The van der Waals surface area contributed by atoms with Crippen LogP contribution in [-0.4, -0.2) is 28.5 Å². The molecule has 6 rings (SSSR count). The molecule has 0 unspecified atom stereocenters. The van der Waals surface area contributed by atoms with Gasteiger partial charge in [-0.05, 0) is 17.9 Å². The van der Waals surface area contributed by atoms with E-state index in [0.717, 1.165) is 40.1 Å². The minimum atomic E-state index is -2.63. The summed E-state index contributed by atoms with van der Waals surface area (Å²) in [6.07, 6.45) is 1.58. The van der Waals surface area contributed by atoms with Crippen LogP contribution in [0.4, 0.5) is 8.78 Å². The highest BCUT2D eigenvalue weighted by molar-refractivity contribution is 6.02. The first kappa shape index (κ1) is 18.3. The van der Waals surface area contributed by atoms with Crippen LogP contribution < -0.4 is 4.74 Å². The van der Waals surface area contributed by atoms with Crippen molar-refractivity contribution in [3.8, 4) is 5.75 Å². The van der Waals surface area contributed by atoms with Crippen molar-refractivity contribution in [3.63, 3.8) is 0 Å². The molecule has 1 saturated carbocycles. The Hall–Kier alpha value is -2.50. The Labute approximate surface area is 173 Å². The Bertz CT molecular complexity index is 1120. The highest BCUT2D eigenvalue weighted by atomic mass is 19.3. The van der Waals surface area contributed by atoms with Gasteiger partial charge in [-0.3, -0.25) is 9.89 Å². The van der Waals surface area contributed by atoms with E-state index in [-0.39, 0.29) is 30.0 Å². The molecule has 0 amide bonds. The number of carbonyl (C=O) groups is 1. The lowest BCUT2D eigenvalue weighted by atomic mass is 9.57. The van der Waals surface area contributed by atoms with E-state index < -0.39 is 11.3 Å². The molecule has 0 bridgehead atoms. The zero-order valence-electron chi connectivity index (χ0n) is 17.1. The van der Waals surface area contributed by atoms with Crippen molar-refractivity contribution in [2.45, 2.75) is 63.2 Å². The summed E-state index contributed by atoms with van der Waals surface area (Å²) < 4.78 is 33.5. The lowest BCUT2D eigenvalue weighted by molar-refractivity contribution is -0.119. The fourth-order valence-corrected chi connectivity index (χ4v) is 6.25. The molecule has 1 N–H and O–H groups in total. The van der Waals surface area contributed by atoms with E-state index in [1.165, 1.54) is 0 Å². The smallest absolute Gasteiger partial charge is 0.249 e. The molecule has 4 nitrogen and oxygen atoms in total. The predicted octanol–water partition coefficient (Wildman–Crippen LogP) is 4.84. The number of nitrogens with one attached hydrogen (secondary N) is 1. The molecule has 6 heteroatoms. The van der Waals surface area contributed by atoms with Crippen LogP contribution in [0, 0.1) is 5.41 Å². The number of Topliss-reactive ketones (excluding diaryl/α,β-unsaturated/α-hetero) is 1. The molecule has 0 saturated heterocycles. The quantitative estimate of drug-likeness (QED) is 0.732. The lowest BCUT2D eigenvalue weighted by Crippen LogP contribution is -2.45. The molecule has 1 aromatic heterocycles. The van der Waals surface area contributed by atoms with Crippen molar-refractivity contribution in [2.24, 2.45) is 5.41 Å². The van der Waals surface area contributed by atoms with Crippen molar-refractivity contribution in [2.75, 3.05) is 6.61 Å². The largest absolute Gasteiger partial charge is 0.492 e. The Balaban J connectivity index is 1.60. The number of fused-ring (bicyclic) bond motifs is 5. The van der Waals surface area contributed by atoms with Gasteiger partial charge in [0.2, 0.25) is 5.92 Å². The maximum Gasteiger partial charge on any atom is 0.249 e. The number of alkyl halides is 2. The SMILES string of the molecule is CC1(C)CC(=O)C2=C(Cc3[nH]nc(C4CC(F)(F)C4)c3[C@]23COc2ccccc23)C1. The number of benzene rings is 1. The number of hydrogen-bond acceptors (Lipinski definition) is 3. The molecule has 4 aliphatic rings. The Morgan fingerprint density at radius 2 is 1.93 bits per heavy atom. The Morgan fingerprint density at radius 1 is 1.17 bits per heavy atom. The van der Waals surface area contributed by atoms with E-state index >= 15 is 0 Å². The van der Waals surface area contributed by atoms with Gasteiger partial charge in [-0.25, -0.2) is 8.78 Å². The summed E-state index contributed by atoms with van der Waals surface area (Å²) in [5.74, 6) is -2.00. The van der Waals surface area contributed by atoms with Crippen LogP contribution in [0.15, 0.2) is 35.4 Å². The lowest BCUT2D eigenvalue weighted by Gasteiger charge is -2.44. The van der Waals surface area contributed by atoms with Gasteiger partial charge < -0.3 is 4.74 Å². The Kier molecular flexibility index (Phi) is 3.41. The summed E-state index contributed by atoms with van der Waals surface area (Å²) >= 11 is 0. The second-order valence-electron chi connectivity index (χ2n) is 10.2. The van der Waals surface area contributed by atoms with Gasteiger partial charge in [0, 0.05) is 54.0 Å². The molecule has 1 aliphatic heterocycles. The van der Waals surface area contributed by atoms with Crippen LogP contribution in [0.5, 0.6) is 5.75 Å². The van der Waals surface area contributed by atoms with Crippen molar-refractivity contribution in [1.29, 1.82) is 0 Å². The van der Waals surface area contributed by atoms with Crippen LogP contribution in [0.2, 0.25) is 0 Å². The van der Waals surface area contributed by atoms with E-state index in [1.54, 1.807) is 0 Å². The van der Waals surface area contributed by atoms with Gasteiger partial charge in [-0.1, -0.05) is 37.6 Å². The number of para-hydroxylation sites is 1. The molecule has 2 heterocycles. The van der Waals surface area contributed by atoms with Crippen LogP contribution in [0.25, 0.3) is 0 Å². The molecule has 156 valence electrons. The van der Waals surface area contributed by atoms with Gasteiger partial charge in [0.25, 0.3) is 0 Å². The number of rotatable bonds is 1. The predicted molar refractivity (Wildman–Crippen MR) is 107 cm³/mol. The summed E-state index contributed by atoms with van der Waals surface area (Å²) in [6.45, 7) is 4.58. The summed E-state index contributed by atoms with van der Waals surface area (Å²) in [6, 6.07) is 7.82. The third-order valence-corrected chi connectivity index (χ3v) is 7.34. The monoisotopic (exact) mass is 410 g/mol. The number of H-pyrrole nitrogens is 1. The minimum Gasteiger partial charge on any atom is -0.492 e. The fourth-order valence-electron chi connectivity index (χ4n) is 6.25. The highest BCUT2D eigenvalue weighted by Gasteiger charge is 2.58. The van der Waals surface area contributed by atoms with Crippen LogP contribution in [0.1, 0.15) is 68.0 Å². The van der Waals surface area contributed by atoms with E-state index in [2.05, 4.69) is 24.0 Å². The molecule has 1 fully saturated rings. The van der Waals surface area contributed by atoms with Gasteiger partial charge in [-0.15, -0.1) is 0 Å². The molecule has 1 aromatic carbocycles. The number of hydrogen-bond donors (Lipinski definition) is 1. The maximum absolute atomic E-state index is 13.7. The van der Waals surface area contributed by atoms with Gasteiger partial charge in [0.05, 0.1) is 11.1 Å². The molecule has 0 radical (unpaired) electrons. The van der Waals surface area contributed by atoms with Crippen molar-refractivity contribution in [3.05, 3.63) is 57.9 Å². The first-order chi connectivity index (χ1) is 14.2. The number of ketones is 1. The topological polar surface area (TPSA) is 55.0 Å². The number of allylic oxidation sites excluding steroid dienone is 1. The van der Waals surface area contributed by atoms with Gasteiger partial charge in [-0.2, -0.15) is 5.10 Å². The third kappa shape index (κ3) is 2.30. The summed E-state index contributed by atoms with van der Waals surface area (Å²) in [5.41, 5.74) is 4.64. The average Bonchev–Trinajstić information content (AvgIpc) is 3.21. The van der Waals surface area contributed by atoms with Gasteiger partial charge in [0.15, 0.2) is 5.78 Å². The van der Waals surface area contributed by atoms with Crippen molar-refractivity contribution >= 4 is 5.78 Å². The van der Waals surface area contributed by atoms with Crippen LogP contribution in [0.3, 0.4) is 0 Å². The zero-order valence-corrected chi connectivity index (χ0v) is 17.1. The molecule has 3 aliphatic carbocycles. The zero-order chi connectivity index (χ0) is 20.9. The average molecular weight is 410 g/mol. The normalized spacial score (nSPS) is 28.6. The first-order valence-corrected chi connectivity index (χ1v) is 10.6. The fraction of sp³-hybridized carbons (Fsp3) is 0.500. The number of aromatic amines is 1. The summed E-state index contributed by atoms with van der Waals surface area (Å²) in [7, 11) is 0. The molecule has 2 aromatic rings. The maximum atomic E-state index is 13.7. The standard InChI is InChI=1S/C24H24F2N2O2/c1-22(2)8-13-7-16-20(21(28-27-16)14-9-23(25,26)10-14)24(19(13)17(29)11-22)12-30-18-6-4-3-5-15(18)24/h3-6,14H,7-12H2,1-2H3,(H,27,28)/t24-/m0/s1. The number of ether oxygens (including phenoxy) is 1. The second kappa shape index (κ2) is 5.59. The van der Waals surface area contributed by atoms with E-state index in [9.17, 15) is 13.6 Å². The summed E-state index contributed by atoms with van der Waals surface area (Å²) in [5, 5.41) is 7.71. The number of carbonyl (C=O) groups excluding carboxylic acids is 1. The number of aromatic nitrogens is 2. The molecular weight excluding hydrogens is 386 g/mol. The molecule has 30 heavy (non-hydrogen) atoms. The van der Waals surface area contributed by atoms with E-state index in [1.807, 2.05) is 24.3 Å². The van der Waals surface area contributed by atoms with Crippen LogP contribution >= 0.6 is 0 Å². The van der Waals surface area contributed by atoms with Gasteiger partial charge in [0.1, 0.15) is 12.4 Å². The third-order valence-electron chi connectivity index (χ3n) is 7.34. The molecule has 1 atom stereocenters. The van der Waals surface area contributed by atoms with E-state index in [0.29, 0.717) is 25.1 Å². The Morgan fingerprint density at radius 3 is 2.70 bits per heavy atom. The van der Waals surface area contributed by atoms with Crippen molar-refractivity contribution in [1.82, 2.24) is 10.2 Å².